The Balaban J connectivity index is 2.47. The average Bonchev–Trinajstić information content (AvgIpc) is 2.32. The first-order valence-corrected chi connectivity index (χ1v) is 6.78. The largest absolute Gasteiger partial charge is 0.245 e. The standard InChI is InChI=1S/C15H17BrN2/c1-15(2,3)14(12-8-17-10-18-9-12)11-4-6-13(16)7-5-11/h4-10,14H,1-3H3. The van der Waals surface area contributed by atoms with E-state index < -0.39 is 0 Å². The molecule has 0 spiro atoms. The molecule has 0 N–H and O–H groups in total. The molecule has 0 fully saturated rings. The average molecular weight is 305 g/mol. The van der Waals surface area contributed by atoms with E-state index in [9.17, 15) is 0 Å². The SMILES string of the molecule is CC(C)(C)C(c1ccc(Br)cc1)c1cncnc1. The molecule has 0 aliphatic carbocycles. The summed E-state index contributed by atoms with van der Waals surface area (Å²) in [6.45, 7) is 6.73. The van der Waals surface area contributed by atoms with Crippen molar-refractivity contribution >= 4 is 15.9 Å². The predicted octanol–water partition coefficient (Wildman–Crippen LogP) is 4.42. The van der Waals surface area contributed by atoms with Gasteiger partial charge in [0.25, 0.3) is 0 Å². The third kappa shape index (κ3) is 2.96. The van der Waals surface area contributed by atoms with Crippen molar-refractivity contribution in [1.82, 2.24) is 9.97 Å². The van der Waals surface area contributed by atoms with Crippen LogP contribution in [0.1, 0.15) is 37.8 Å². The number of hydrogen-bond acceptors (Lipinski definition) is 2. The zero-order valence-electron chi connectivity index (χ0n) is 10.9. The van der Waals surface area contributed by atoms with Gasteiger partial charge in [0.2, 0.25) is 0 Å². The monoisotopic (exact) mass is 304 g/mol. The van der Waals surface area contributed by atoms with Crippen LogP contribution in [0.3, 0.4) is 0 Å². The van der Waals surface area contributed by atoms with Gasteiger partial charge in [-0.3, -0.25) is 0 Å². The smallest absolute Gasteiger partial charge is 0.115 e. The number of rotatable bonds is 2. The fourth-order valence-corrected chi connectivity index (χ4v) is 2.57. The third-order valence-corrected chi connectivity index (χ3v) is 3.51. The van der Waals surface area contributed by atoms with E-state index in [0.717, 1.165) is 10.0 Å². The van der Waals surface area contributed by atoms with Gasteiger partial charge in [0.05, 0.1) is 0 Å². The van der Waals surface area contributed by atoms with Crippen molar-refractivity contribution in [1.29, 1.82) is 0 Å². The van der Waals surface area contributed by atoms with Gasteiger partial charge in [0.15, 0.2) is 0 Å². The molecule has 0 radical (unpaired) electrons. The molecule has 0 bridgehead atoms. The number of aromatic nitrogens is 2. The molecule has 1 heterocycles. The maximum Gasteiger partial charge on any atom is 0.115 e. The van der Waals surface area contributed by atoms with Gasteiger partial charge in [-0.05, 0) is 28.7 Å². The van der Waals surface area contributed by atoms with E-state index in [4.69, 9.17) is 0 Å². The highest BCUT2D eigenvalue weighted by Gasteiger charge is 2.28. The van der Waals surface area contributed by atoms with Crippen LogP contribution in [0.2, 0.25) is 0 Å². The zero-order valence-corrected chi connectivity index (χ0v) is 12.5. The normalized spacial score (nSPS) is 13.3. The summed E-state index contributed by atoms with van der Waals surface area (Å²) >= 11 is 3.48. The topological polar surface area (TPSA) is 25.8 Å². The highest BCUT2D eigenvalue weighted by atomic mass is 79.9. The molecule has 2 aromatic rings. The molecule has 0 saturated carbocycles. The van der Waals surface area contributed by atoms with Crippen molar-refractivity contribution in [3.63, 3.8) is 0 Å². The Hall–Kier alpha value is -1.22. The third-order valence-electron chi connectivity index (χ3n) is 2.98. The van der Waals surface area contributed by atoms with E-state index in [-0.39, 0.29) is 5.41 Å². The van der Waals surface area contributed by atoms with Gasteiger partial charge in [-0.25, -0.2) is 9.97 Å². The molecular weight excluding hydrogens is 288 g/mol. The number of halogens is 1. The van der Waals surface area contributed by atoms with Crippen LogP contribution in [-0.2, 0) is 0 Å². The van der Waals surface area contributed by atoms with Crippen molar-refractivity contribution < 1.29 is 0 Å². The summed E-state index contributed by atoms with van der Waals surface area (Å²) in [6, 6.07) is 8.48. The van der Waals surface area contributed by atoms with E-state index in [1.807, 2.05) is 12.4 Å². The molecule has 1 unspecified atom stereocenters. The molecule has 2 nitrogen and oxygen atoms in total. The van der Waals surface area contributed by atoms with Crippen molar-refractivity contribution in [3.05, 3.63) is 58.6 Å². The van der Waals surface area contributed by atoms with Crippen molar-refractivity contribution in [2.24, 2.45) is 5.41 Å². The summed E-state index contributed by atoms with van der Waals surface area (Å²) in [7, 11) is 0. The van der Waals surface area contributed by atoms with Gasteiger partial charge in [-0.2, -0.15) is 0 Å². The van der Waals surface area contributed by atoms with Crippen molar-refractivity contribution in [3.8, 4) is 0 Å². The van der Waals surface area contributed by atoms with Gasteiger partial charge in [-0.15, -0.1) is 0 Å². The molecule has 1 aromatic carbocycles. The van der Waals surface area contributed by atoms with E-state index >= 15 is 0 Å². The summed E-state index contributed by atoms with van der Waals surface area (Å²) in [4.78, 5) is 8.28. The highest BCUT2D eigenvalue weighted by molar-refractivity contribution is 9.10. The summed E-state index contributed by atoms with van der Waals surface area (Å²) in [5.41, 5.74) is 2.58. The van der Waals surface area contributed by atoms with Gasteiger partial charge >= 0.3 is 0 Å². The lowest BCUT2D eigenvalue weighted by Crippen LogP contribution is -2.20. The Morgan fingerprint density at radius 1 is 0.944 bits per heavy atom. The van der Waals surface area contributed by atoms with Gasteiger partial charge in [-0.1, -0.05) is 48.8 Å². The van der Waals surface area contributed by atoms with Gasteiger partial charge < -0.3 is 0 Å². The van der Waals surface area contributed by atoms with E-state index in [1.54, 1.807) is 6.33 Å². The Morgan fingerprint density at radius 3 is 2.00 bits per heavy atom. The molecule has 1 atom stereocenters. The lowest BCUT2D eigenvalue weighted by Gasteiger charge is -2.31. The molecule has 0 aliphatic heterocycles. The Morgan fingerprint density at radius 2 is 1.50 bits per heavy atom. The van der Waals surface area contributed by atoms with Crippen LogP contribution in [0, 0.1) is 5.41 Å². The Kier molecular flexibility index (Phi) is 3.81. The number of benzene rings is 1. The summed E-state index contributed by atoms with van der Waals surface area (Å²) in [5.74, 6) is 0.298. The molecule has 0 saturated heterocycles. The fourth-order valence-electron chi connectivity index (χ4n) is 2.31. The summed E-state index contributed by atoms with van der Waals surface area (Å²) in [6.07, 6.45) is 5.39. The molecule has 0 amide bonds. The van der Waals surface area contributed by atoms with Gasteiger partial charge in [0, 0.05) is 22.8 Å². The minimum absolute atomic E-state index is 0.124. The van der Waals surface area contributed by atoms with Crippen LogP contribution in [0.15, 0.2) is 47.5 Å². The Bertz CT molecular complexity index is 500. The first-order valence-electron chi connectivity index (χ1n) is 5.99. The van der Waals surface area contributed by atoms with Crippen LogP contribution in [0.25, 0.3) is 0 Å². The first-order chi connectivity index (χ1) is 8.48. The van der Waals surface area contributed by atoms with Crippen LogP contribution in [0.4, 0.5) is 0 Å². The van der Waals surface area contributed by atoms with Crippen LogP contribution >= 0.6 is 15.9 Å². The molecule has 3 heteroatoms. The van der Waals surface area contributed by atoms with Gasteiger partial charge in [0.1, 0.15) is 6.33 Å². The second-order valence-corrected chi connectivity index (χ2v) is 6.44. The van der Waals surface area contributed by atoms with Crippen LogP contribution in [-0.4, -0.2) is 9.97 Å². The quantitative estimate of drug-likeness (QED) is 0.821. The van der Waals surface area contributed by atoms with Crippen LogP contribution in [0.5, 0.6) is 0 Å². The van der Waals surface area contributed by atoms with Crippen molar-refractivity contribution in [2.75, 3.05) is 0 Å². The molecule has 1 aromatic heterocycles. The molecule has 94 valence electrons. The maximum atomic E-state index is 4.14. The lowest BCUT2D eigenvalue weighted by atomic mass is 9.73. The maximum absolute atomic E-state index is 4.14. The Labute approximate surface area is 117 Å². The fraction of sp³-hybridized carbons (Fsp3) is 0.333. The van der Waals surface area contributed by atoms with E-state index in [2.05, 4.69) is 70.9 Å². The summed E-state index contributed by atoms with van der Waals surface area (Å²) < 4.78 is 1.10. The lowest BCUT2D eigenvalue weighted by molar-refractivity contribution is 0.357. The minimum atomic E-state index is 0.124. The van der Waals surface area contributed by atoms with Crippen LogP contribution < -0.4 is 0 Å². The number of hydrogen-bond donors (Lipinski definition) is 0. The van der Waals surface area contributed by atoms with E-state index in [0.29, 0.717) is 5.92 Å². The van der Waals surface area contributed by atoms with E-state index in [1.165, 1.54) is 5.56 Å². The second-order valence-electron chi connectivity index (χ2n) is 5.52. The summed E-state index contributed by atoms with van der Waals surface area (Å²) in [5, 5.41) is 0. The molecule has 2 rings (SSSR count). The minimum Gasteiger partial charge on any atom is -0.245 e. The number of nitrogens with zero attached hydrogens (tertiary/aromatic N) is 2. The molecule has 0 aliphatic rings. The first kappa shape index (κ1) is 13.2. The highest BCUT2D eigenvalue weighted by Crippen LogP contribution is 2.40. The second kappa shape index (κ2) is 5.19. The van der Waals surface area contributed by atoms with Crippen molar-refractivity contribution in [2.45, 2.75) is 26.7 Å². The zero-order chi connectivity index (χ0) is 13.2. The molecule has 18 heavy (non-hydrogen) atoms. The molecular formula is C15H17BrN2. The predicted molar refractivity (Wildman–Crippen MR) is 77.5 cm³/mol.